The van der Waals surface area contributed by atoms with E-state index in [0.29, 0.717) is 0 Å². The van der Waals surface area contributed by atoms with Crippen molar-refractivity contribution in [2.24, 2.45) is 0 Å². The first kappa shape index (κ1) is 20.6. The molecule has 0 saturated carbocycles. The SMILES string of the molecule is CCCC(Cc1ccccc1)(C(=O)c1ccc(N2CCOCC2)cc1)N(C)C. The lowest BCUT2D eigenvalue weighted by Gasteiger charge is -2.39. The number of nitrogens with zero attached hydrogens (tertiary/aromatic N) is 2. The molecule has 0 aliphatic carbocycles. The van der Waals surface area contributed by atoms with E-state index >= 15 is 0 Å². The van der Waals surface area contributed by atoms with Gasteiger partial charge in [0, 0.05) is 24.3 Å². The maximum Gasteiger partial charge on any atom is 0.183 e. The van der Waals surface area contributed by atoms with Gasteiger partial charge in [-0.3, -0.25) is 9.69 Å². The molecular weight excluding hydrogens is 348 g/mol. The van der Waals surface area contributed by atoms with Crippen molar-refractivity contribution in [2.75, 3.05) is 45.3 Å². The van der Waals surface area contributed by atoms with Crippen LogP contribution in [-0.4, -0.2) is 56.6 Å². The fraction of sp³-hybridized carbons (Fsp3) is 0.458. The van der Waals surface area contributed by atoms with Crippen molar-refractivity contribution in [1.82, 2.24) is 4.90 Å². The Morgan fingerprint density at radius 2 is 1.68 bits per heavy atom. The lowest BCUT2D eigenvalue weighted by atomic mass is 9.79. The van der Waals surface area contributed by atoms with Crippen molar-refractivity contribution < 1.29 is 9.53 Å². The average molecular weight is 381 g/mol. The standard InChI is InChI=1S/C24H32N2O2/c1-4-14-24(25(2)3,19-20-8-6-5-7-9-20)23(27)21-10-12-22(13-11-21)26-15-17-28-18-16-26/h5-13H,4,14-19H2,1-3H3. The van der Waals surface area contributed by atoms with Gasteiger partial charge in [-0.15, -0.1) is 0 Å². The molecule has 2 aromatic rings. The summed E-state index contributed by atoms with van der Waals surface area (Å²) in [5.74, 6) is 0.205. The van der Waals surface area contributed by atoms with Crippen LogP contribution in [0.5, 0.6) is 0 Å². The van der Waals surface area contributed by atoms with Gasteiger partial charge in [-0.25, -0.2) is 0 Å². The third-order valence-electron chi connectivity index (χ3n) is 5.79. The van der Waals surface area contributed by atoms with Gasteiger partial charge >= 0.3 is 0 Å². The molecule has 28 heavy (non-hydrogen) atoms. The summed E-state index contributed by atoms with van der Waals surface area (Å²) in [6.45, 7) is 5.48. The summed E-state index contributed by atoms with van der Waals surface area (Å²) in [4.78, 5) is 18.1. The Kier molecular flexibility index (Phi) is 6.87. The molecule has 1 aliphatic rings. The van der Waals surface area contributed by atoms with Crippen LogP contribution in [0.25, 0.3) is 0 Å². The van der Waals surface area contributed by atoms with E-state index in [1.807, 2.05) is 44.4 Å². The zero-order valence-corrected chi connectivity index (χ0v) is 17.4. The molecule has 0 spiro atoms. The number of anilines is 1. The quantitative estimate of drug-likeness (QED) is 0.647. The molecule has 4 heteroatoms. The molecular formula is C24H32N2O2. The van der Waals surface area contributed by atoms with Crippen LogP contribution in [0.15, 0.2) is 54.6 Å². The van der Waals surface area contributed by atoms with E-state index in [2.05, 4.69) is 41.0 Å². The van der Waals surface area contributed by atoms with E-state index in [1.54, 1.807) is 0 Å². The molecule has 0 radical (unpaired) electrons. The van der Waals surface area contributed by atoms with Crippen molar-refractivity contribution in [3.63, 3.8) is 0 Å². The Morgan fingerprint density at radius 1 is 1.04 bits per heavy atom. The maximum absolute atomic E-state index is 13.7. The molecule has 0 amide bonds. The van der Waals surface area contributed by atoms with Gasteiger partial charge in [0.25, 0.3) is 0 Å². The molecule has 1 atom stereocenters. The molecule has 4 nitrogen and oxygen atoms in total. The van der Waals surface area contributed by atoms with Gasteiger partial charge in [0.15, 0.2) is 5.78 Å². The number of carbonyl (C=O) groups is 1. The molecule has 0 bridgehead atoms. The Morgan fingerprint density at radius 3 is 2.25 bits per heavy atom. The molecule has 1 unspecified atom stereocenters. The van der Waals surface area contributed by atoms with E-state index in [0.717, 1.165) is 56.8 Å². The highest BCUT2D eigenvalue weighted by Crippen LogP contribution is 2.30. The summed E-state index contributed by atoms with van der Waals surface area (Å²) in [7, 11) is 4.05. The number of carbonyl (C=O) groups excluding carboxylic acids is 1. The van der Waals surface area contributed by atoms with Crippen molar-refractivity contribution in [3.8, 4) is 0 Å². The van der Waals surface area contributed by atoms with Crippen LogP contribution >= 0.6 is 0 Å². The van der Waals surface area contributed by atoms with Gasteiger partial charge < -0.3 is 9.64 Å². The first-order valence-corrected chi connectivity index (χ1v) is 10.3. The smallest absolute Gasteiger partial charge is 0.183 e. The molecule has 1 saturated heterocycles. The van der Waals surface area contributed by atoms with Crippen LogP contribution in [0.2, 0.25) is 0 Å². The molecule has 1 fully saturated rings. The summed E-state index contributed by atoms with van der Waals surface area (Å²) in [5.41, 5.74) is 2.61. The van der Waals surface area contributed by atoms with Gasteiger partial charge in [0.2, 0.25) is 0 Å². The van der Waals surface area contributed by atoms with Crippen LogP contribution in [-0.2, 0) is 11.2 Å². The van der Waals surface area contributed by atoms with Crippen molar-refractivity contribution in [2.45, 2.75) is 31.7 Å². The average Bonchev–Trinajstić information content (AvgIpc) is 2.74. The number of ketones is 1. The number of hydrogen-bond acceptors (Lipinski definition) is 4. The van der Waals surface area contributed by atoms with Gasteiger partial charge in [-0.05, 0) is 56.8 Å². The second-order valence-corrected chi connectivity index (χ2v) is 7.81. The molecule has 1 heterocycles. The molecule has 150 valence electrons. The molecule has 0 aromatic heterocycles. The second-order valence-electron chi connectivity index (χ2n) is 7.81. The van der Waals surface area contributed by atoms with Crippen LogP contribution in [0.3, 0.4) is 0 Å². The number of benzene rings is 2. The van der Waals surface area contributed by atoms with Crippen LogP contribution in [0.4, 0.5) is 5.69 Å². The topological polar surface area (TPSA) is 32.8 Å². The van der Waals surface area contributed by atoms with Gasteiger partial charge in [0.1, 0.15) is 0 Å². The minimum atomic E-state index is -0.531. The predicted molar refractivity (Wildman–Crippen MR) is 115 cm³/mol. The van der Waals surface area contributed by atoms with Gasteiger partial charge in [-0.1, -0.05) is 43.7 Å². The van der Waals surface area contributed by atoms with Crippen LogP contribution in [0, 0.1) is 0 Å². The summed E-state index contributed by atoms with van der Waals surface area (Å²) in [6, 6.07) is 18.5. The van der Waals surface area contributed by atoms with Crippen LogP contribution in [0.1, 0.15) is 35.7 Å². The van der Waals surface area contributed by atoms with Crippen molar-refractivity contribution >= 4 is 11.5 Å². The molecule has 2 aromatic carbocycles. The summed E-state index contributed by atoms with van der Waals surface area (Å²) in [6.07, 6.45) is 2.51. The van der Waals surface area contributed by atoms with Gasteiger partial charge in [0.05, 0.1) is 18.8 Å². The van der Waals surface area contributed by atoms with Crippen LogP contribution < -0.4 is 4.90 Å². The zero-order chi connectivity index (χ0) is 20.0. The predicted octanol–water partition coefficient (Wildman–Crippen LogP) is 4.05. The molecule has 3 rings (SSSR count). The lowest BCUT2D eigenvalue weighted by Crippen LogP contribution is -2.53. The monoisotopic (exact) mass is 380 g/mol. The fourth-order valence-corrected chi connectivity index (χ4v) is 4.13. The van der Waals surface area contributed by atoms with E-state index in [1.165, 1.54) is 5.56 Å². The van der Waals surface area contributed by atoms with E-state index < -0.39 is 5.54 Å². The molecule has 1 aliphatic heterocycles. The first-order chi connectivity index (χ1) is 13.6. The number of Topliss-reactive ketones (excluding diaryl/α,β-unsaturated/α-hetero) is 1. The Bertz CT molecular complexity index is 752. The highest BCUT2D eigenvalue weighted by Gasteiger charge is 2.40. The van der Waals surface area contributed by atoms with E-state index in [4.69, 9.17) is 4.74 Å². The number of morpholine rings is 1. The van der Waals surface area contributed by atoms with Crippen molar-refractivity contribution in [1.29, 1.82) is 0 Å². The van der Waals surface area contributed by atoms with Crippen molar-refractivity contribution in [3.05, 3.63) is 65.7 Å². The number of ether oxygens (including phenoxy) is 1. The van der Waals surface area contributed by atoms with E-state index in [-0.39, 0.29) is 5.78 Å². The lowest BCUT2D eigenvalue weighted by molar-refractivity contribution is 0.0651. The number of hydrogen-bond donors (Lipinski definition) is 0. The maximum atomic E-state index is 13.7. The highest BCUT2D eigenvalue weighted by atomic mass is 16.5. The number of rotatable bonds is 8. The fourth-order valence-electron chi connectivity index (χ4n) is 4.13. The van der Waals surface area contributed by atoms with Gasteiger partial charge in [-0.2, -0.15) is 0 Å². The summed E-state index contributed by atoms with van der Waals surface area (Å²) < 4.78 is 5.44. The summed E-state index contributed by atoms with van der Waals surface area (Å²) >= 11 is 0. The molecule has 0 N–H and O–H groups in total. The second kappa shape index (κ2) is 9.35. The largest absolute Gasteiger partial charge is 0.378 e. The first-order valence-electron chi connectivity index (χ1n) is 10.3. The summed E-state index contributed by atoms with van der Waals surface area (Å²) in [5, 5.41) is 0. The third kappa shape index (κ3) is 4.45. The normalized spacial score (nSPS) is 16.8. The zero-order valence-electron chi connectivity index (χ0n) is 17.4. The minimum absolute atomic E-state index is 0.205. The third-order valence-corrected chi connectivity index (χ3v) is 5.79. The number of likely N-dealkylation sites (N-methyl/N-ethyl adjacent to an activating group) is 1. The Labute approximate surface area is 169 Å². The Hall–Kier alpha value is -2.17. The Balaban J connectivity index is 1.87. The highest BCUT2D eigenvalue weighted by molar-refractivity contribution is 6.03. The van der Waals surface area contributed by atoms with E-state index in [9.17, 15) is 4.79 Å². The minimum Gasteiger partial charge on any atom is -0.378 e.